The van der Waals surface area contributed by atoms with Crippen LogP contribution in [-0.4, -0.2) is 33.8 Å². The first-order valence-electron chi connectivity index (χ1n) is 6.43. The summed E-state index contributed by atoms with van der Waals surface area (Å²) in [7, 11) is 0. The van der Waals surface area contributed by atoms with Gasteiger partial charge in [-0.1, -0.05) is 6.92 Å². The van der Waals surface area contributed by atoms with Crippen molar-refractivity contribution in [3.8, 4) is 5.75 Å². The molecule has 21 heavy (non-hydrogen) atoms. The highest BCUT2D eigenvalue weighted by atomic mass is 16.5. The van der Waals surface area contributed by atoms with Gasteiger partial charge in [0, 0.05) is 11.6 Å². The minimum atomic E-state index is -1.14. The van der Waals surface area contributed by atoms with Gasteiger partial charge in [0.05, 0.1) is 6.61 Å². The summed E-state index contributed by atoms with van der Waals surface area (Å²) in [5, 5.41) is 17.3. The van der Waals surface area contributed by atoms with Crippen LogP contribution in [-0.2, 0) is 0 Å². The minimum absolute atomic E-state index is 0.0892. The molecule has 0 unspecified atom stereocenters. The molecule has 0 saturated carbocycles. The van der Waals surface area contributed by atoms with E-state index in [0.717, 1.165) is 6.42 Å². The van der Waals surface area contributed by atoms with E-state index < -0.39 is 5.97 Å². The molecular formula is C14H15N3O4. The van der Waals surface area contributed by atoms with Gasteiger partial charge in [0.1, 0.15) is 11.4 Å². The van der Waals surface area contributed by atoms with Crippen LogP contribution < -0.4 is 10.1 Å². The molecule has 2 aromatic rings. The molecule has 7 heteroatoms. The molecule has 110 valence electrons. The fourth-order valence-electron chi connectivity index (χ4n) is 1.61. The number of aromatic carboxylic acids is 1. The molecule has 0 bridgehead atoms. The maximum absolute atomic E-state index is 12.0. The van der Waals surface area contributed by atoms with E-state index in [1.165, 1.54) is 6.07 Å². The van der Waals surface area contributed by atoms with Gasteiger partial charge in [-0.05, 0) is 30.7 Å². The van der Waals surface area contributed by atoms with Crippen LogP contribution in [0, 0.1) is 0 Å². The van der Waals surface area contributed by atoms with Crippen LogP contribution in [0.3, 0.4) is 0 Å². The highest BCUT2D eigenvalue weighted by Crippen LogP contribution is 2.14. The van der Waals surface area contributed by atoms with Crippen molar-refractivity contribution in [3.63, 3.8) is 0 Å². The monoisotopic (exact) mass is 289 g/mol. The number of carbonyl (C=O) groups is 2. The Morgan fingerprint density at radius 2 is 2.05 bits per heavy atom. The number of nitrogens with zero attached hydrogens (tertiary/aromatic N) is 1. The quantitative estimate of drug-likeness (QED) is 0.755. The van der Waals surface area contributed by atoms with Crippen LogP contribution >= 0.6 is 0 Å². The Hall–Kier alpha value is -2.83. The van der Waals surface area contributed by atoms with Crippen molar-refractivity contribution in [1.29, 1.82) is 0 Å². The number of benzene rings is 1. The molecule has 0 spiro atoms. The maximum Gasteiger partial charge on any atom is 0.353 e. The first-order chi connectivity index (χ1) is 10.1. The van der Waals surface area contributed by atoms with Gasteiger partial charge in [-0.15, -0.1) is 0 Å². The van der Waals surface area contributed by atoms with Crippen molar-refractivity contribution < 1.29 is 19.4 Å². The Kier molecular flexibility index (Phi) is 4.55. The number of carbonyl (C=O) groups excluding carboxylic acids is 1. The van der Waals surface area contributed by atoms with Crippen molar-refractivity contribution in [2.75, 3.05) is 11.9 Å². The summed E-state index contributed by atoms with van der Waals surface area (Å²) in [6.45, 7) is 2.63. The lowest BCUT2D eigenvalue weighted by Crippen LogP contribution is -2.12. The molecule has 0 aliphatic carbocycles. The van der Waals surface area contributed by atoms with Crippen LogP contribution in [0.2, 0.25) is 0 Å². The summed E-state index contributed by atoms with van der Waals surface area (Å²) in [4.78, 5) is 22.7. The van der Waals surface area contributed by atoms with Crippen molar-refractivity contribution in [1.82, 2.24) is 10.2 Å². The number of carboxylic acids is 1. The van der Waals surface area contributed by atoms with Gasteiger partial charge >= 0.3 is 5.97 Å². The first-order valence-corrected chi connectivity index (χ1v) is 6.43. The molecule has 0 aliphatic rings. The zero-order valence-electron chi connectivity index (χ0n) is 11.4. The second kappa shape index (κ2) is 6.56. The van der Waals surface area contributed by atoms with E-state index in [4.69, 9.17) is 9.84 Å². The molecule has 3 N–H and O–H groups in total. The van der Waals surface area contributed by atoms with E-state index >= 15 is 0 Å². The van der Waals surface area contributed by atoms with Crippen molar-refractivity contribution in [2.24, 2.45) is 0 Å². The van der Waals surface area contributed by atoms with Crippen LogP contribution in [0.25, 0.3) is 0 Å². The van der Waals surface area contributed by atoms with E-state index in [2.05, 4.69) is 15.5 Å². The molecule has 0 saturated heterocycles. The summed E-state index contributed by atoms with van der Waals surface area (Å²) in [5.41, 5.74) is 0.340. The average Bonchev–Trinajstić information content (AvgIpc) is 2.94. The lowest BCUT2D eigenvalue weighted by molar-refractivity contribution is 0.0690. The predicted octanol–water partition coefficient (Wildman–Crippen LogP) is 2.15. The van der Waals surface area contributed by atoms with Crippen LogP contribution in [0.1, 0.15) is 34.2 Å². The number of aromatic nitrogens is 2. The van der Waals surface area contributed by atoms with Crippen molar-refractivity contribution in [3.05, 3.63) is 41.6 Å². The lowest BCUT2D eigenvalue weighted by Gasteiger charge is -2.05. The van der Waals surface area contributed by atoms with Gasteiger partial charge in [0.15, 0.2) is 5.82 Å². The summed E-state index contributed by atoms with van der Waals surface area (Å²) in [6, 6.07) is 7.92. The number of carboxylic acid groups (broad SMARTS) is 1. The molecule has 0 aliphatic heterocycles. The number of hydrogen-bond acceptors (Lipinski definition) is 4. The largest absolute Gasteiger partial charge is 0.494 e. The second-order valence-corrected chi connectivity index (χ2v) is 4.30. The molecule has 1 aromatic heterocycles. The highest BCUT2D eigenvalue weighted by Gasteiger charge is 2.11. The zero-order chi connectivity index (χ0) is 15.2. The highest BCUT2D eigenvalue weighted by molar-refractivity contribution is 6.04. The van der Waals surface area contributed by atoms with E-state index in [0.29, 0.717) is 17.9 Å². The Bertz CT molecular complexity index is 634. The standard InChI is InChI=1S/C14H15N3O4/c1-2-7-21-10-5-3-9(4-6-10)13(18)15-12-8-11(14(19)20)16-17-12/h3-6,8H,2,7H2,1H3,(H,19,20)(H2,15,16,17,18). The number of amides is 1. The van der Waals surface area contributed by atoms with Crippen LogP contribution in [0.5, 0.6) is 5.75 Å². The molecule has 1 aromatic carbocycles. The fourth-order valence-corrected chi connectivity index (χ4v) is 1.61. The number of anilines is 1. The smallest absolute Gasteiger partial charge is 0.353 e. The van der Waals surface area contributed by atoms with Gasteiger partial charge in [-0.25, -0.2) is 4.79 Å². The molecule has 7 nitrogen and oxygen atoms in total. The molecule has 1 amide bonds. The summed E-state index contributed by atoms with van der Waals surface area (Å²) in [6.07, 6.45) is 0.910. The third kappa shape index (κ3) is 3.82. The maximum atomic E-state index is 12.0. The first kappa shape index (κ1) is 14.6. The van der Waals surface area contributed by atoms with E-state index in [1.807, 2.05) is 6.92 Å². The van der Waals surface area contributed by atoms with E-state index in [1.54, 1.807) is 24.3 Å². The molecule has 0 radical (unpaired) electrons. The lowest BCUT2D eigenvalue weighted by atomic mass is 10.2. The Morgan fingerprint density at radius 3 is 2.62 bits per heavy atom. The van der Waals surface area contributed by atoms with Gasteiger partial charge in [0.25, 0.3) is 5.91 Å². The van der Waals surface area contributed by atoms with Crippen LogP contribution in [0.4, 0.5) is 5.82 Å². The number of ether oxygens (including phenoxy) is 1. The molecule has 1 heterocycles. The summed E-state index contributed by atoms with van der Waals surface area (Å²) in [5.74, 6) is -0.661. The third-order valence-electron chi connectivity index (χ3n) is 2.64. The van der Waals surface area contributed by atoms with Crippen molar-refractivity contribution in [2.45, 2.75) is 13.3 Å². The predicted molar refractivity (Wildman–Crippen MR) is 75.7 cm³/mol. The fraction of sp³-hybridized carbons (Fsp3) is 0.214. The number of H-pyrrole nitrogens is 1. The number of hydrogen-bond donors (Lipinski definition) is 3. The average molecular weight is 289 g/mol. The minimum Gasteiger partial charge on any atom is -0.494 e. The topological polar surface area (TPSA) is 104 Å². The molecular weight excluding hydrogens is 274 g/mol. The Labute approximate surface area is 120 Å². The van der Waals surface area contributed by atoms with Crippen molar-refractivity contribution >= 4 is 17.7 Å². The molecule has 2 rings (SSSR count). The number of rotatable bonds is 6. The van der Waals surface area contributed by atoms with Gasteiger partial charge in [-0.2, -0.15) is 5.10 Å². The van der Waals surface area contributed by atoms with Gasteiger partial charge < -0.3 is 15.2 Å². The summed E-state index contributed by atoms with van der Waals surface area (Å²) >= 11 is 0. The number of nitrogens with one attached hydrogen (secondary N) is 2. The third-order valence-corrected chi connectivity index (χ3v) is 2.64. The normalized spacial score (nSPS) is 10.1. The van der Waals surface area contributed by atoms with E-state index in [-0.39, 0.29) is 17.4 Å². The van der Waals surface area contributed by atoms with Crippen LogP contribution in [0.15, 0.2) is 30.3 Å². The van der Waals surface area contributed by atoms with Gasteiger partial charge in [0.2, 0.25) is 0 Å². The van der Waals surface area contributed by atoms with E-state index in [9.17, 15) is 9.59 Å². The molecule has 0 fully saturated rings. The second-order valence-electron chi connectivity index (χ2n) is 4.30. The molecule has 0 atom stereocenters. The SMILES string of the molecule is CCCOc1ccc(C(=O)Nc2cc(C(=O)O)[nH]n2)cc1. The number of aromatic amines is 1. The Morgan fingerprint density at radius 1 is 1.33 bits per heavy atom. The Balaban J connectivity index is 2.00. The zero-order valence-corrected chi connectivity index (χ0v) is 11.4. The van der Waals surface area contributed by atoms with Gasteiger partial charge in [-0.3, -0.25) is 9.89 Å². The summed E-state index contributed by atoms with van der Waals surface area (Å²) < 4.78 is 5.42.